The first-order chi connectivity index (χ1) is 11.0. The van der Waals surface area contributed by atoms with Gasteiger partial charge in [0.1, 0.15) is 11.4 Å². The fraction of sp³-hybridized carbons (Fsp3) is 0.200. The number of fused-ring (bicyclic) bond motifs is 1. The molecule has 0 atom stereocenters. The van der Waals surface area contributed by atoms with E-state index >= 15 is 0 Å². The van der Waals surface area contributed by atoms with Crippen molar-refractivity contribution in [3.63, 3.8) is 0 Å². The number of carboxylic acid groups (broad SMARTS) is 1. The number of rotatable bonds is 3. The van der Waals surface area contributed by atoms with Crippen LogP contribution >= 0.6 is 0 Å². The smallest absolute Gasteiger partial charge is 0.335 e. The molecule has 0 unspecified atom stereocenters. The van der Waals surface area contributed by atoms with E-state index in [1.165, 1.54) is 24.1 Å². The Morgan fingerprint density at radius 2 is 2.00 bits per heavy atom. The number of nitrogens with two attached hydrogens (primary N) is 1. The summed E-state index contributed by atoms with van der Waals surface area (Å²) in [7, 11) is 1.43. The highest BCUT2D eigenvalue weighted by molar-refractivity contribution is 6.10. The maximum atomic E-state index is 12.7. The van der Waals surface area contributed by atoms with Crippen LogP contribution in [0.4, 0.5) is 11.5 Å². The van der Waals surface area contributed by atoms with E-state index in [9.17, 15) is 9.59 Å². The number of ether oxygens (including phenoxy) is 1. The summed E-state index contributed by atoms with van der Waals surface area (Å²) >= 11 is 0. The van der Waals surface area contributed by atoms with Gasteiger partial charge >= 0.3 is 12.0 Å². The quantitative estimate of drug-likeness (QED) is 0.866. The number of anilines is 2. The second-order valence-corrected chi connectivity index (χ2v) is 4.98. The second-order valence-electron chi connectivity index (χ2n) is 4.98. The van der Waals surface area contributed by atoms with E-state index in [2.05, 4.69) is 9.97 Å². The number of methoxy groups -OCH3 is 1. The van der Waals surface area contributed by atoms with Crippen LogP contribution < -0.4 is 15.4 Å². The number of carboxylic acids is 1. The van der Waals surface area contributed by atoms with Crippen LogP contribution in [-0.2, 0) is 6.42 Å². The number of hydrogen-bond acceptors (Lipinski definition) is 6. The molecule has 8 heteroatoms. The monoisotopic (exact) mass is 314 g/mol. The van der Waals surface area contributed by atoms with Crippen molar-refractivity contribution in [2.45, 2.75) is 6.42 Å². The van der Waals surface area contributed by atoms with Gasteiger partial charge in [-0.05, 0) is 24.3 Å². The Hall–Kier alpha value is -3.16. The lowest BCUT2D eigenvalue weighted by molar-refractivity contribution is 0.0696. The van der Waals surface area contributed by atoms with Gasteiger partial charge in [-0.15, -0.1) is 0 Å². The van der Waals surface area contributed by atoms with E-state index in [4.69, 9.17) is 15.6 Å². The lowest BCUT2D eigenvalue weighted by atomic mass is 10.0. The van der Waals surface area contributed by atoms with Gasteiger partial charge in [-0.1, -0.05) is 0 Å². The van der Waals surface area contributed by atoms with E-state index in [1.807, 2.05) is 0 Å². The van der Waals surface area contributed by atoms with Crippen LogP contribution in [0.2, 0.25) is 0 Å². The van der Waals surface area contributed by atoms with Gasteiger partial charge in [0.05, 0.1) is 18.4 Å². The Kier molecular flexibility index (Phi) is 3.57. The third-order valence-corrected chi connectivity index (χ3v) is 3.63. The summed E-state index contributed by atoms with van der Waals surface area (Å²) in [5.74, 6) is -1.25. The lowest BCUT2D eigenvalue weighted by Crippen LogP contribution is -2.39. The Morgan fingerprint density at radius 3 is 2.61 bits per heavy atom. The van der Waals surface area contributed by atoms with Crippen molar-refractivity contribution in [1.29, 1.82) is 0 Å². The van der Waals surface area contributed by atoms with Gasteiger partial charge < -0.3 is 20.5 Å². The molecule has 118 valence electrons. The van der Waals surface area contributed by atoms with E-state index in [1.54, 1.807) is 12.1 Å². The summed E-state index contributed by atoms with van der Waals surface area (Å²) in [6.45, 7) is 0.415. The van der Waals surface area contributed by atoms with Crippen molar-refractivity contribution in [2.24, 2.45) is 0 Å². The van der Waals surface area contributed by atoms with Crippen LogP contribution in [-0.4, -0.2) is 40.6 Å². The predicted octanol–water partition coefficient (Wildman–Crippen LogP) is 0.968. The van der Waals surface area contributed by atoms with Gasteiger partial charge in [0.2, 0.25) is 0 Å². The number of aromatic nitrogens is 2. The molecule has 3 N–H and O–H groups in total. The minimum Gasteiger partial charge on any atom is -0.478 e. The molecule has 1 aromatic heterocycles. The Labute approximate surface area is 131 Å². The highest BCUT2D eigenvalue weighted by Gasteiger charge is 2.30. The third-order valence-electron chi connectivity index (χ3n) is 3.63. The minimum absolute atomic E-state index is 0.0729. The lowest BCUT2D eigenvalue weighted by Gasteiger charge is -2.28. The summed E-state index contributed by atoms with van der Waals surface area (Å²) in [5, 5.41) is 8.93. The third kappa shape index (κ3) is 2.54. The van der Waals surface area contributed by atoms with Gasteiger partial charge in [0.25, 0.3) is 5.91 Å². The summed E-state index contributed by atoms with van der Waals surface area (Å²) in [4.78, 5) is 33.2. The molecular formula is C15H14N4O4. The van der Waals surface area contributed by atoms with Gasteiger partial charge in [0.15, 0.2) is 0 Å². The largest absolute Gasteiger partial charge is 0.478 e. The minimum atomic E-state index is -1.02. The molecule has 0 saturated heterocycles. The van der Waals surface area contributed by atoms with Crippen LogP contribution in [0.5, 0.6) is 6.01 Å². The fourth-order valence-electron chi connectivity index (χ4n) is 2.49. The molecule has 1 aliphatic heterocycles. The fourth-order valence-corrected chi connectivity index (χ4v) is 2.49. The van der Waals surface area contributed by atoms with Gasteiger partial charge in [0, 0.05) is 18.7 Å². The van der Waals surface area contributed by atoms with E-state index in [0.717, 1.165) is 0 Å². The highest BCUT2D eigenvalue weighted by Crippen LogP contribution is 2.27. The number of hydrogen-bond donors (Lipinski definition) is 2. The molecule has 0 aliphatic carbocycles. The summed E-state index contributed by atoms with van der Waals surface area (Å²) < 4.78 is 4.96. The first-order valence-corrected chi connectivity index (χ1v) is 6.87. The topological polar surface area (TPSA) is 119 Å². The zero-order valence-corrected chi connectivity index (χ0v) is 12.3. The number of carbonyl (C=O) groups is 2. The summed E-state index contributed by atoms with van der Waals surface area (Å²) in [5.41, 5.74) is 7.43. The first-order valence-electron chi connectivity index (χ1n) is 6.87. The molecule has 2 heterocycles. The standard InChI is InChI=1S/C15H14N4O4/c1-23-15-17-10-6-7-19(13(20)11(10)12(16)18-15)9-4-2-8(3-5-9)14(21)22/h2-5H,6-7H2,1H3,(H,21,22)(H2,16,17,18). The second kappa shape index (κ2) is 5.56. The first kappa shape index (κ1) is 14.8. The molecule has 2 aromatic rings. The van der Waals surface area contributed by atoms with Crippen LogP contribution in [0.1, 0.15) is 26.4 Å². The van der Waals surface area contributed by atoms with Gasteiger partial charge in [-0.2, -0.15) is 9.97 Å². The Balaban J connectivity index is 1.96. The van der Waals surface area contributed by atoms with Crippen molar-refractivity contribution in [3.8, 4) is 6.01 Å². The number of benzene rings is 1. The number of nitrogen functional groups attached to an aromatic ring is 1. The number of aromatic carboxylic acids is 1. The maximum absolute atomic E-state index is 12.7. The maximum Gasteiger partial charge on any atom is 0.335 e. The zero-order chi connectivity index (χ0) is 16.6. The van der Waals surface area contributed by atoms with E-state index < -0.39 is 5.97 Å². The number of nitrogens with zero attached hydrogens (tertiary/aromatic N) is 3. The molecule has 0 radical (unpaired) electrons. The molecule has 1 aliphatic rings. The van der Waals surface area contributed by atoms with Crippen molar-refractivity contribution >= 4 is 23.4 Å². The highest BCUT2D eigenvalue weighted by atomic mass is 16.5. The van der Waals surface area contributed by atoms with Crippen molar-refractivity contribution in [2.75, 3.05) is 24.3 Å². The SMILES string of the molecule is COc1nc(N)c2c(n1)CCN(c1ccc(C(=O)O)cc1)C2=O. The Bertz CT molecular complexity index is 789. The molecule has 0 saturated carbocycles. The normalized spacial score (nSPS) is 13.6. The molecule has 23 heavy (non-hydrogen) atoms. The van der Waals surface area contributed by atoms with E-state index in [0.29, 0.717) is 24.3 Å². The van der Waals surface area contributed by atoms with Crippen molar-refractivity contribution in [1.82, 2.24) is 9.97 Å². The predicted molar refractivity (Wildman–Crippen MR) is 81.8 cm³/mol. The average molecular weight is 314 g/mol. The van der Waals surface area contributed by atoms with Crippen LogP contribution in [0.25, 0.3) is 0 Å². The molecule has 0 fully saturated rings. The molecular weight excluding hydrogens is 300 g/mol. The number of carbonyl (C=O) groups excluding carboxylic acids is 1. The summed E-state index contributed by atoms with van der Waals surface area (Å²) in [6.07, 6.45) is 0.505. The van der Waals surface area contributed by atoms with Crippen molar-refractivity contribution in [3.05, 3.63) is 41.1 Å². The molecule has 0 spiro atoms. The van der Waals surface area contributed by atoms with E-state index in [-0.39, 0.29) is 28.9 Å². The molecule has 0 bridgehead atoms. The van der Waals surface area contributed by atoms with Crippen molar-refractivity contribution < 1.29 is 19.4 Å². The summed E-state index contributed by atoms with van der Waals surface area (Å²) in [6, 6.07) is 6.22. The average Bonchev–Trinajstić information content (AvgIpc) is 2.54. The van der Waals surface area contributed by atoms with Gasteiger partial charge in [-0.3, -0.25) is 4.79 Å². The number of amides is 1. The van der Waals surface area contributed by atoms with Crippen LogP contribution in [0, 0.1) is 0 Å². The molecule has 3 rings (SSSR count). The zero-order valence-electron chi connectivity index (χ0n) is 12.3. The molecule has 1 aromatic carbocycles. The molecule has 1 amide bonds. The molecule has 8 nitrogen and oxygen atoms in total. The van der Waals surface area contributed by atoms with Crippen LogP contribution in [0.15, 0.2) is 24.3 Å². The Morgan fingerprint density at radius 1 is 1.30 bits per heavy atom. The van der Waals surface area contributed by atoms with Gasteiger partial charge in [-0.25, -0.2) is 4.79 Å². The van der Waals surface area contributed by atoms with Crippen LogP contribution in [0.3, 0.4) is 0 Å².